The van der Waals surface area contributed by atoms with Crippen molar-refractivity contribution < 1.29 is 33.6 Å². The Morgan fingerprint density at radius 2 is 1.58 bits per heavy atom. The van der Waals surface area contributed by atoms with E-state index in [9.17, 15) is 9.90 Å². The molecular formula is C38H55N5O7. The number of pyridine rings is 2. The van der Waals surface area contributed by atoms with Crippen LogP contribution in [0.3, 0.4) is 0 Å². The Bertz CT molecular complexity index is 1390. The molecule has 0 spiro atoms. The lowest BCUT2D eigenvalue weighted by molar-refractivity contribution is -0.137. The van der Waals surface area contributed by atoms with Crippen molar-refractivity contribution in [3.63, 3.8) is 0 Å². The summed E-state index contributed by atoms with van der Waals surface area (Å²) in [6, 6.07) is 17.9. The summed E-state index contributed by atoms with van der Waals surface area (Å²) in [5.41, 5.74) is 10.3. The van der Waals surface area contributed by atoms with E-state index < -0.39 is 5.97 Å². The van der Waals surface area contributed by atoms with Gasteiger partial charge < -0.3 is 44.7 Å². The number of likely N-dealkylation sites (N-methyl/N-ethyl adjacent to an activating group) is 1. The maximum atomic E-state index is 11.8. The maximum absolute atomic E-state index is 11.8. The van der Waals surface area contributed by atoms with Gasteiger partial charge >= 0.3 is 5.97 Å². The second kappa shape index (κ2) is 22.9. The van der Waals surface area contributed by atoms with Crippen molar-refractivity contribution >= 4 is 11.8 Å². The molecule has 12 nitrogen and oxygen atoms in total. The fraction of sp³-hybridized carbons (Fsp3) is 0.553. The van der Waals surface area contributed by atoms with Gasteiger partial charge in [0.25, 0.3) is 0 Å². The Morgan fingerprint density at radius 3 is 2.28 bits per heavy atom. The minimum atomic E-state index is -0.827. The van der Waals surface area contributed by atoms with Crippen LogP contribution in [0, 0.1) is 0 Å². The van der Waals surface area contributed by atoms with Crippen LogP contribution in [0.15, 0.2) is 54.6 Å². The monoisotopic (exact) mass is 693 g/mol. The van der Waals surface area contributed by atoms with E-state index in [1.54, 1.807) is 0 Å². The average Bonchev–Trinajstić information content (AvgIpc) is 3.13. The summed E-state index contributed by atoms with van der Waals surface area (Å²) in [6.07, 6.45) is 5.25. The van der Waals surface area contributed by atoms with E-state index in [1.165, 1.54) is 5.56 Å². The molecule has 0 radical (unpaired) electrons. The Labute approximate surface area is 296 Å². The van der Waals surface area contributed by atoms with Gasteiger partial charge in [-0.25, -0.2) is 4.98 Å². The number of carbonyl (C=O) groups is 1. The summed E-state index contributed by atoms with van der Waals surface area (Å²) in [5.74, 6) is 0.729. The number of aromatic nitrogens is 2. The number of fused-ring (bicyclic) bond motifs is 1. The van der Waals surface area contributed by atoms with Crippen LogP contribution in [0.1, 0.15) is 48.6 Å². The number of nitrogens with zero attached hydrogens (tertiary/aromatic N) is 3. The van der Waals surface area contributed by atoms with Crippen molar-refractivity contribution in [2.45, 2.75) is 44.4 Å². The second-order valence-corrected chi connectivity index (χ2v) is 12.4. The molecule has 1 aliphatic heterocycles. The topological polar surface area (TPSA) is 151 Å². The third-order valence-corrected chi connectivity index (χ3v) is 8.34. The van der Waals surface area contributed by atoms with Gasteiger partial charge in [-0.1, -0.05) is 12.1 Å². The van der Waals surface area contributed by atoms with E-state index in [-0.39, 0.29) is 12.3 Å². The van der Waals surface area contributed by atoms with E-state index in [2.05, 4.69) is 29.4 Å². The van der Waals surface area contributed by atoms with Crippen molar-refractivity contribution in [2.75, 3.05) is 98.0 Å². The number of carboxylic acids is 1. The van der Waals surface area contributed by atoms with Crippen LogP contribution < -0.4 is 15.8 Å². The number of ether oxygens (including phenoxy) is 5. The lowest BCUT2D eigenvalue weighted by Crippen LogP contribution is -2.27. The number of hydrogen-bond acceptors (Lipinski definition) is 11. The number of unbranched alkanes of at least 4 members (excludes halogenated alkanes) is 1. The van der Waals surface area contributed by atoms with Crippen LogP contribution in [0.5, 0.6) is 5.75 Å². The Balaban J connectivity index is 1.14. The van der Waals surface area contributed by atoms with E-state index in [0.717, 1.165) is 79.4 Å². The lowest BCUT2D eigenvalue weighted by Gasteiger charge is -2.23. The van der Waals surface area contributed by atoms with Gasteiger partial charge in [-0.3, -0.25) is 9.78 Å². The zero-order valence-corrected chi connectivity index (χ0v) is 29.5. The predicted molar refractivity (Wildman–Crippen MR) is 194 cm³/mol. The molecular weight excluding hydrogens is 638 g/mol. The third kappa shape index (κ3) is 14.7. The fourth-order valence-corrected chi connectivity index (χ4v) is 5.76. The molecule has 0 saturated heterocycles. The number of nitrogens with one attached hydrogen (secondary N) is 1. The molecule has 50 heavy (non-hydrogen) atoms. The van der Waals surface area contributed by atoms with Crippen molar-refractivity contribution in [3.05, 3.63) is 71.5 Å². The zero-order valence-electron chi connectivity index (χ0n) is 29.5. The second-order valence-electron chi connectivity index (χ2n) is 12.4. The normalized spacial score (nSPS) is 13.2. The molecule has 1 atom stereocenters. The number of aryl methyl sites for hydroxylation is 2. The molecule has 3 heterocycles. The maximum Gasteiger partial charge on any atom is 0.304 e. The first-order valence-electron chi connectivity index (χ1n) is 17.9. The average molecular weight is 694 g/mol. The molecule has 4 N–H and O–H groups in total. The fourth-order valence-electron chi connectivity index (χ4n) is 5.76. The first-order valence-corrected chi connectivity index (χ1v) is 17.9. The van der Waals surface area contributed by atoms with E-state index >= 15 is 0 Å². The van der Waals surface area contributed by atoms with Gasteiger partial charge in [-0.15, -0.1) is 0 Å². The summed E-state index contributed by atoms with van der Waals surface area (Å²) in [5, 5.41) is 13.1. The number of benzene rings is 1. The Morgan fingerprint density at radius 1 is 0.880 bits per heavy atom. The molecule has 0 bridgehead atoms. The van der Waals surface area contributed by atoms with Gasteiger partial charge in [0.05, 0.1) is 65.0 Å². The quantitative estimate of drug-likeness (QED) is 0.102. The molecule has 0 fully saturated rings. The largest absolute Gasteiger partial charge is 0.491 e. The predicted octanol–water partition coefficient (Wildman–Crippen LogP) is 4.42. The molecule has 12 heteroatoms. The van der Waals surface area contributed by atoms with E-state index in [1.807, 2.05) is 42.5 Å². The van der Waals surface area contributed by atoms with Crippen molar-refractivity contribution in [1.82, 2.24) is 14.9 Å². The highest BCUT2D eigenvalue weighted by Gasteiger charge is 2.20. The molecule has 3 aromatic rings. The third-order valence-electron chi connectivity index (χ3n) is 8.34. The van der Waals surface area contributed by atoms with Gasteiger partial charge in [0.1, 0.15) is 18.2 Å². The summed E-state index contributed by atoms with van der Waals surface area (Å²) in [6.45, 7) is 7.47. The molecule has 4 rings (SSSR count). The van der Waals surface area contributed by atoms with Crippen LogP contribution >= 0.6 is 0 Å². The first kappa shape index (κ1) is 39.1. The number of anilines is 1. The van der Waals surface area contributed by atoms with Crippen LogP contribution in [0.2, 0.25) is 0 Å². The number of nitrogens with two attached hydrogens (primary N) is 1. The highest BCUT2D eigenvalue weighted by molar-refractivity contribution is 5.68. The summed E-state index contributed by atoms with van der Waals surface area (Å²) in [7, 11) is 2.05. The van der Waals surface area contributed by atoms with Crippen LogP contribution in [-0.2, 0) is 36.6 Å². The van der Waals surface area contributed by atoms with Crippen LogP contribution in [0.4, 0.5) is 5.82 Å². The van der Waals surface area contributed by atoms with Gasteiger partial charge in [-0.05, 0) is 93.7 Å². The number of aliphatic carboxylic acids is 1. The van der Waals surface area contributed by atoms with Gasteiger partial charge in [0.2, 0.25) is 0 Å². The molecule has 274 valence electrons. The van der Waals surface area contributed by atoms with Gasteiger partial charge in [-0.2, -0.15) is 0 Å². The number of carboxylic acid groups (broad SMARTS) is 1. The standard InChI is InChI=1S/C38H55N5O7/c1-43(18-3-2-7-33-13-10-31-6-5-17-40-38(31)41-33)29-32(28-37(44)45)36-9-4-8-35(42-36)30-11-14-34(15-12-30)50-27-26-49-25-24-48-23-22-47-21-20-46-19-16-39/h4,8-15,32H,2-3,5-7,16-29,39H2,1H3,(H,40,41)(H,44,45)/t32-/m1/s1. The molecule has 0 unspecified atom stereocenters. The summed E-state index contributed by atoms with van der Waals surface area (Å²) < 4.78 is 27.6. The smallest absolute Gasteiger partial charge is 0.304 e. The van der Waals surface area contributed by atoms with Crippen LogP contribution in [0.25, 0.3) is 11.3 Å². The van der Waals surface area contributed by atoms with Crippen molar-refractivity contribution in [3.8, 4) is 17.0 Å². The SMILES string of the molecule is CN(CCCCc1ccc2c(n1)NCCC2)C[C@@H](CC(=O)O)c1cccc(-c2ccc(OCCOCCOCCOCCOCCN)cc2)n1. The van der Waals surface area contributed by atoms with Gasteiger partial charge in [0.15, 0.2) is 0 Å². The molecule has 2 aromatic heterocycles. The summed E-state index contributed by atoms with van der Waals surface area (Å²) >= 11 is 0. The molecule has 0 amide bonds. The zero-order chi connectivity index (χ0) is 35.2. The van der Waals surface area contributed by atoms with E-state index in [4.69, 9.17) is 39.4 Å². The van der Waals surface area contributed by atoms with Crippen molar-refractivity contribution in [1.29, 1.82) is 0 Å². The minimum Gasteiger partial charge on any atom is -0.491 e. The molecule has 1 aromatic carbocycles. The van der Waals surface area contributed by atoms with Crippen LogP contribution in [-0.4, -0.2) is 119 Å². The Kier molecular flexibility index (Phi) is 18.0. The van der Waals surface area contributed by atoms with E-state index in [0.29, 0.717) is 72.6 Å². The Hall–Kier alpha value is -3.65. The number of hydrogen-bond donors (Lipinski definition) is 3. The highest BCUT2D eigenvalue weighted by atomic mass is 16.6. The molecule has 0 saturated carbocycles. The lowest BCUT2D eigenvalue weighted by atomic mass is 9.99. The summed E-state index contributed by atoms with van der Waals surface area (Å²) in [4.78, 5) is 23.7. The van der Waals surface area contributed by atoms with Gasteiger partial charge in [0, 0.05) is 42.5 Å². The molecule has 1 aliphatic rings. The minimum absolute atomic E-state index is 0.0219. The first-order chi connectivity index (χ1) is 24.5. The van der Waals surface area contributed by atoms with Crippen molar-refractivity contribution in [2.24, 2.45) is 5.73 Å². The highest BCUT2D eigenvalue weighted by Crippen LogP contribution is 2.26. The molecule has 0 aliphatic carbocycles. The number of rotatable bonds is 26.